The Kier molecular flexibility index (Phi) is 3.05. The maximum Gasteiger partial charge on any atom is 0.233 e. The fourth-order valence-corrected chi connectivity index (χ4v) is 2.99. The molecule has 1 aromatic carbocycles. The van der Waals surface area contributed by atoms with Crippen LogP contribution in [-0.4, -0.2) is 36.5 Å². The Bertz CT molecular complexity index is 499. The Morgan fingerprint density at radius 2 is 2.16 bits per heavy atom. The second-order valence-corrected chi connectivity index (χ2v) is 5.67. The number of carbonyl (C=O) groups is 1. The maximum absolute atomic E-state index is 13.9. The minimum Gasteiger partial charge on any atom is -0.339 e. The summed E-state index contributed by atoms with van der Waals surface area (Å²) in [4.78, 5) is 14.6. The predicted molar refractivity (Wildman–Crippen MR) is 71.4 cm³/mol. The van der Waals surface area contributed by atoms with Gasteiger partial charge in [-0.1, -0.05) is 18.2 Å². The molecule has 0 bridgehead atoms. The highest BCUT2D eigenvalue weighted by atomic mass is 19.1. The summed E-state index contributed by atoms with van der Waals surface area (Å²) in [6.07, 6.45) is 1.54. The van der Waals surface area contributed by atoms with E-state index in [2.05, 4.69) is 12.2 Å². The molecule has 0 radical (unpaired) electrons. The summed E-state index contributed by atoms with van der Waals surface area (Å²) in [6.45, 7) is 4.33. The number of nitrogens with one attached hydrogen (secondary N) is 1. The summed E-state index contributed by atoms with van der Waals surface area (Å²) in [6, 6.07) is 7.00. The van der Waals surface area contributed by atoms with Crippen molar-refractivity contribution in [1.29, 1.82) is 0 Å². The number of nitrogens with zero attached hydrogens (tertiary/aromatic N) is 1. The van der Waals surface area contributed by atoms with Gasteiger partial charge in [0.25, 0.3) is 0 Å². The summed E-state index contributed by atoms with van der Waals surface area (Å²) >= 11 is 0. The van der Waals surface area contributed by atoms with Gasteiger partial charge in [-0.2, -0.15) is 0 Å². The highest BCUT2D eigenvalue weighted by Crippen LogP contribution is 2.50. The average molecular weight is 262 g/mol. The third-order valence-electron chi connectivity index (χ3n) is 4.20. The van der Waals surface area contributed by atoms with Gasteiger partial charge in [-0.05, 0) is 25.8 Å². The van der Waals surface area contributed by atoms with Crippen molar-refractivity contribution in [2.24, 2.45) is 0 Å². The second-order valence-electron chi connectivity index (χ2n) is 5.67. The van der Waals surface area contributed by atoms with Crippen LogP contribution in [-0.2, 0) is 10.2 Å². The first-order valence-electron chi connectivity index (χ1n) is 6.91. The maximum atomic E-state index is 13.9. The Morgan fingerprint density at radius 3 is 2.79 bits per heavy atom. The first-order chi connectivity index (χ1) is 9.13. The first-order valence-corrected chi connectivity index (χ1v) is 6.91. The van der Waals surface area contributed by atoms with E-state index in [0.717, 1.165) is 32.5 Å². The molecule has 4 heteroatoms. The van der Waals surface area contributed by atoms with Crippen molar-refractivity contribution in [3.05, 3.63) is 35.6 Å². The SMILES string of the molecule is C[C@@H]1CN(C(=O)C2(c3ccccc3F)CC2)CCN1. The van der Waals surface area contributed by atoms with E-state index < -0.39 is 5.41 Å². The van der Waals surface area contributed by atoms with Gasteiger partial charge in [0.05, 0.1) is 5.41 Å². The van der Waals surface area contributed by atoms with E-state index in [1.165, 1.54) is 6.07 Å². The van der Waals surface area contributed by atoms with Crippen LogP contribution in [0.25, 0.3) is 0 Å². The minimum atomic E-state index is -0.581. The number of hydrogen-bond donors (Lipinski definition) is 1. The molecule has 0 spiro atoms. The molecule has 0 unspecified atom stereocenters. The van der Waals surface area contributed by atoms with Gasteiger partial charge in [0.1, 0.15) is 5.82 Å². The number of halogens is 1. The largest absolute Gasteiger partial charge is 0.339 e. The molecule has 1 heterocycles. The lowest BCUT2D eigenvalue weighted by molar-refractivity contribution is -0.135. The number of benzene rings is 1. The summed E-state index contributed by atoms with van der Waals surface area (Å²) in [5.74, 6) is -0.150. The number of carbonyl (C=O) groups excluding carboxylic acids is 1. The molecule has 2 fully saturated rings. The summed E-state index contributed by atoms with van der Waals surface area (Å²) in [5.41, 5.74) is -0.00578. The van der Waals surface area contributed by atoms with Crippen LogP contribution in [0.4, 0.5) is 4.39 Å². The van der Waals surface area contributed by atoms with Crippen molar-refractivity contribution in [3.8, 4) is 0 Å². The van der Waals surface area contributed by atoms with Crippen molar-refractivity contribution in [2.75, 3.05) is 19.6 Å². The third-order valence-corrected chi connectivity index (χ3v) is 4.20. The smallest absolute Gasteiger partial charge is 0.233 e. The van der Waals surface area contributed by atoms with Crippen LogP contribution in [0.2, 0.25) is 0 Å². The standard InChI is InChI=1S/C15H19FN2O/c1-11-10-18(9-8-17-11)14(19)15(6-7-15)12-4-2-3-5-13(12)16/h2-5,11,17H,6-10H2,1H3/t11-/m1/s1. The topological polar surface area (TPSA) is 32.3 Å². The van der Waals surface area contributed by atoms with E-state index >= 15 is 0 Å². The molecule has 1 amide bonds. The van der Waals surface area contributed by atoms with E-state index in [9.17, 15) is 9.18 Å². The minimum absolute atomic E-state index is 0.103. The molecule has 3 nitrogen and oxygen atoms in total. The van der Waals surface area contributed by atoms with Gasteiger partial charge < -0.3 is 10.2 Å². The molecule has 1 atom stereocenters. The van der Waals surface area contributed by atoms with E-state index in [1.807, 2.05) is 11.0 Å². The number of hydrogen-bond acceptors (Lipinski definition) is 2. The van der Waals surface area contributed by atoms with Crippen LogP contribution >= 0.6 is 0 Å². The van der Waals surface area contributed by atoms with Crippen molar-refractivity contribution in [2.45, 2.75) is 31.2 Å². The number of rotatable bonds is 2. The Hall–Kier alpha value is -1.42. The molecule has 1 aromatic rings. The van der Waals surface area contributed by atoms with Gasteiger partial charge in [0, 0.05) is 31.2 Å². The number of piperazine rings is 1. The lowest BCUT2D eigenvalue weighted by Crippen LogP contribution is -2.53. The molecule has 1 aliphatic heterocycles. The van der Waals surface area contributed by atoms with Crippen molar-refractivity contribution in [1.82, 2.24) is 10.2 Å². The zero-order valence-corrected chi connectivity index (χ0v) is 11.2. The van der Waals surface area contributed by atoms with E-state index in [0.29, 0.717) is 11.6 Å². The highest BCUT2D eigenvalue weighted by Gasteiger charge is 2.54. The highest BCUT2D eigenvalue weighted by molar-refractivity contribution is 5.91. The van der Waals surface area contributed by atoms with Gasteiger partial charge in [-0.25, -0.2) is 4.39 Å². The average Bonchev–Trinajstić information content (AvgIpc) is 3.20. The van der Waals surface area contributed by atoms with E-state index in [1.54, 1.807) is 12.1 Å². The van der Waals surface area contributed by atoms with E-state index in [-0.39, 0.29) is 11.7 Å². The van der Waals surface area contributed by atoms with Gasteiger partial charge >= 0.3 is 0 Å². The molecule has 3 rings (SSSR count). The normalized spacial score (nSPS) is 25.2. The molecule has 1 saturated carbocycles. The van der Waals surface area contributed by atoms with Crippen LogP contribution in [0.15, 0.2) is 24.3 Å². The monoisotopic (exact) mass is 262 g/mol. The molecule has 1 saturated heterocycles. The zero-order chi connectivity index (χ0) is 13.5. The van der Waals surface area contributed by atoms with Crippen molar-refractivity contribution >= 4 is 5.91 Å². The summed E-state index contributed by atoms with van der Waals surface area (Å²) in [7, 11) is 0. The zero-order valence-electron chi connectivity index (χ0n) is 11.2. The van der Waals surface area contributed by atoms with E-state index in [4.69, 9.17) is 0 Å². The quantitative estimate of drug-likeness (QED) is 0.879. The number of amides is 1. The second kappa shape index (κ2) is 4.60. The molecule has 2 aliphatic rings. The van der Waals surface area contributed by atoms with Crippen molar-refractivity contribution in [3.63, 3.8) is 0 Å². The molecule has 19 heavy (non-hydrogen) atoms. The Balaban J connectivity index is 1.85. The molecule has 102 valence electrons. The predicted octanol–water partition coefficient (Wildman–Crippen LogP) is 1.68. The van der Waals surface area contributed by atoms with Crippen LogP contribution in [0, 0.1) is 5.82 Å². The van der Waals surface area contributed by atoms with Gasteiger partial charge in [-0.15, -0.1) is 0 Å². The summed E-state index contributed by atoms with van der Waals surface area (Å²) < 4.78 is 13.9. The van der Waals surface area contributed by atoms with Crippen molar-refractivity contribution < 1.29 is 9.18 Å². The molecular formula is C15H19FN2O. The first kappa shape index (κ1) is 12.6. The fraction of sp³-hybridized carbons (Fsp3) is 0.533. The van der Waals surface area contributed by atoms with Gasteiger partial charge in [-0.3, -0.25) is 4.79 Å². The van der Waals surface area contributed by atoms with Gasteiger partial charge in [0.2, 0.25) is 5.91 Å². The molecule has 1 aliphatic carbocycles. The molecule has 1 N–H and O–H groups in total. The lowest BCUT2D eigenvalue weighted by atomic mass is 9.93. The molecule has 0 aromatic heterocycles. The summed E-state index contributed by atoms with van der Waals surface area (Å²) in [5, 5.41) is 3.32. The van der Waals surface area contributed by atoms with Crippen LogP contribution in [0.1, 0.15) is 25.3 Å². The Morgan fingerprint density at radius 1 is 1.42 bits per heavy atom. The molecular weight excluding hydrogens is 243 g/mol. The third kappa shape index (κ3) is 2.14. The lowest BCUT2D eigenvalue weighted by Gasteiger charge is -2.34. The van der Waals surface area contributed by atoms with Crippen LogP contribution in [0.3, 0.4) is 0 Å². The van der Waals surface area contributed by atoms with Crippen LogP contribution in [0.5, 0.6) is 0 Å². The van der Waals surface area contributed by atoms with Gasteiger partial charge in [0.15, 0.2) is 0 Å². The van der Waals surface area contributed by atoms with Crippen LogP contribution < -0.4 is 5.32 Å². The fourth-order valence-electron chi connectivity index (χ4n) is 2.99. The Labute approximate surface area is 112 Å².